The Bertz CT molecular complexity index is 1800. The molecule has 4 heterocycles. The van der Waals surface area contributed by atoms with Crippen molar-refractivity contribution >= 4 is 27.5 Å². The molecule has 1 atom stereocenters. The van der Waals surface area contributed by atoms with Gasteiger partial charge in [-0.2, -0.15) is 0 Å². The molecule has 1 aliphatic carbocycles. The van der Waals surface area contributed by atoms with Crippen LogP contribution in [0.15, 0.2) is 34.4 Å². The van der Waals surface area contributed by atoms with Crippen molar-refractivity contribution < 1.29 is 23.4 Å². The summed E-state index contributed by atoms with van der Waals surface area (Å²) in [5.74, 6) is -2.37. The number of carbonyl (C=O) groups is 1. The number of carboxylic acids is 1. The average Bonchev–Trinajstić information content (AvgIpc) is 3.32. The van der Waals surface area contributed by atoms with Crippen LogP contribution < -0.4 is 10.3 Å². The van der Waals surface area contributed by atoms with Gasteiger partial charge in [-0.15, -0.1) is 11.3 Å². The van der Waals surface area contributed by atoms with E-state index in [1.54, 1.807) is 9.95 Å². The van der Waals surface area contributed by atoms with Crippen molar-refractivity contribution in [3.63, 3.8) is 0 Å². The van der Waals surface area contributed by atoms with Crippen molar-refractivity contribution in [1.29, 1.82) is 0 Å². The quantitative estimate of drug-likeness (QED) is 0.262. The second-order valence-corrected chi connectivity index (χ2v) is 12.9. The molecule has 3 aromatic heterocycles. The first-order valence-corrected chi connectivity index (χ1v) is 16.0. The molecule has 2 aliphatic rings. The zero-order valence-electron chi connectivity index (χ0n) is 25.2. The zero-order valence-corrected chi connectivity index (χ0v) is 26.0. The van der Waals surface area contributed by atoms with E-state index in [2.05, 4.69) is 9.88 Å². The van der Waals surface area contributed by atoms with Gasteiger partial charge in [0.15, 0.2) is 0 Å². The molecule has 0 bridgehead atoms. The molecule has 1 N–H and O–H groups in total. The van der Waals surface area contributed by atoms with Gasteiger partial charge in [-0.05, 0) is 71.2 Å². The van der Waals surface area contributed by atoms with Gasteiger partial charge in [-0.25, -0.2) is 18.6 Å². The van der Waals surface area contributed by atoms with E-state index in [1.165, 1.54) is 11.3 Å². The van der Waals surface area contributed by atoms with Crippen LogP contribution in [0.3, 0.4) is 0 Å². The number of nitrogens with zero attached hydrogens (tertiary/aromatic N) is 4. The third-order valence-corrected chi connectivity index (χ3v) is 9.84. The van der Waals surface area contributed by atoms with Gasteiger partial charge in [0.1, 0.15) is 18.2 Å². The summed E-state index contributed by atoms with van der Waals surface area (Å²) in [4.78, 5) is 36.9. The van der Waals surface area contributed by atoms with Crippen LogP contribution >= 0.6 is 11.3 Å². The molecule has 8 nitrogen and oxygen atoms in total. The fourth-order valence-electron chi connectivity index (χ4n) is 6.55. The fourth-order valence-corrected chi connectivity index (χ4v) is 7.56. The van der Waals surface area contributed by atoms with Gasteiger partial charge in [-0.3, -0.25) is 19.2 Å². The van der Waals surface area contributed by atoms with E-state index in [-0.39, 0.29) is 36.6 Å². The van der Waals surface area contributed by atoms with E-state index in [4.69, 9.17) is 9.72 Å². The summed E-state index contributed by atoms with van der Waals surface area (Å²) in [6.07, 6.45) is 2.25. The third kappa shape index (κ3) is 5.99. The van der Waals surface area contributed by atoms with Crippen LogP contribution in [-0.2, 0) is 19.4 Å². The monoisotopic (exact) mass is 622 g/mol. The number of alkyl halides is 2. The Morgan fingerprint density at radius 3 is 2.75 bits per heavy atom. The van der Waals surface area contributed by atoms with Crippen LogP contribution in [0.4, 0.5) is 8.78 Å². The molecule has 1 saturated heterocycles. The van der Waals surface area contributed by atoms with Crippen molar-refractivity contribution in [1.82, 2.24) is 19.4 Å². The van der Waals surface area contributed by atoms with Crippen LogP contribution in [0.1, 0.15) is 64.4 Å². The molecule has 44 heavy (non-hydrogen) atoms. The summed E-state index contributed by atoms with van der Waals surface area (Å²) >= 11 is 1.34. The molecule has 1 aromatic carbocycles. The molecule has 0 amide bonds. The minimum absolute atomic E-state index is 0.0629. The van der Waals surface area contributed by atoms with Crippen LogP contribution in [-0.4, -0.2) is 62.2 Å². The summed E-state index contributed by atoms with van der Waals surface area (Å²) in [6, 6.07) is 7.87. The molecular formula is C33H36F2N4O4S. The maximum absolute atomic E-state index is 14.0. The van der Waals surface area contributed by atoms with Crippen LogP contribution in [0, 0.1) is 20.8 Å². The smallest absolute Gasteiger partial charge is 0.338 e. The first kappa shape index (κ1) is 30.3. The largest absolute Gasteiger partial charge is 0.491 e. The molecule has 1 fully saturated rings. The SMILES string of the molecule is Cc1ccc(OCCn2c(C)nc3c(c2=O)C[C@@H](N2CCCC(F)(F)CC2)CC3)c(-c2cc(C)nc3c(C(=O)O)csc23)c1. The number of halogens is 2. The molecule has 0 unspecified atom stereocenters. The van der Waals surface area contributed by atoms with Gasteiger partial charge < -0.3 is 9.84 Å². The molecule has 6 rings (SSSR count). The maximum Gasteiger partial charge on any atom is 0.338 e. The number of ether oxygens (including phenoxy) is 1. The highest BCUT2D eigenvalue weighted by molar-refractivity contribution is 7.18. The topological polar surface area (TPSA) is 97.6 Å². The number of hydrogen-bond donors (Lipinski definition) is 1. The lowest BCUT2D eigenvalue weighted by atomic mass is 9.91. The van der Waals surface area contributed by atoms with E-state index in [0.29, 0.717) is 67.2 Å². The number of rotatable bonds is 7. The van der Waals surface area contributed by atoms with Crippen molar-refractivity contribution in [2.75, 3.05) is 19.7 Å². The molecule has 1 aliphatic heterocycles. The lowest BCUT2D eigenvalue weighted by Crippen LogP contribution is -2.43. The number of aryl methyl sites for hydroxylation is 4. The Kier molecular flexibility index (Phi) is 8.27. The predicted octanol–water partition coefficient (Wildman–Crippen LogP) is 6.20. The number of benzene rings is 1. The van der Waals surface area contributed by atoms with Gasteiger partial charge in [0.2, 0.25) is 5.92 Å². The van der Waals surface area contributed by atoms with Crippen molar-refractivity contribution in [3.05, 3.63) is 73.9 Å². The second-order valence-electron chi connectivity index (χ2n) is 12.0. The summed E-state index contributed by atoms with van der Waals surface area (Å²) < 4.78 is 36.7. The van der Waals surface area contributed by atoms with Gasteiger partial charge in [-0.1, -0.05) is 11.6 Å². The van der Waals surface area contributed by atoms with Crippen LogP contribution in [0.25, 0.3) is 21.3 Å². The Labute approximate surface area is 258 Å². The minimum Gasteiger partial charge on any atom is -0.491 e. The highest BCUT2D eigenvalue weighted by Gasteiger charge is 2.35. The van der Waals surface area contributed by atoms with E-state index < -0.39 is 11.9 Å². The number of fused-ring (bicyclic) bond motifs is 2. The van der Waals surface area contributed by atoms with E-state index in [1.807, 2.05) is 45.0 Å². The minimum atomic E-state index is -2.61. The lowest BCUT2D eigenvalue weighted by molar-refractivity contribution is -0.0142. The second kappa shape index (κ2) is 12.0. The first-order chi connectivity index (χ1) is 21.0. The molecule has 0 radical (unpaired) electrons. The van der Waals surface area contributed by atoms with Crippen molar-refractivity contribution in [3.8, 4) is 16.9 Å². The Balaban J connectivity index is 1.23. The van der Waals surface area contributed by atoms with E-state index in [9.17, 15) is 23.5 Å². The van der Waals surface area contributed by atoms with Crippen molar-refractivity contribution in [2.45, 2.75) is 77.8 Å². The molecule has 0 saturated carbocycles. The molecule has 232 valence electrons. The number of thiophene rings is 1. The number of pyridine rings is 1. The highest BCUT2D eigenvalue weighted by Crippen LogP contribution is 2.39. The number of aromatic carboxylic acids is 1. The Morgan fingerprint density at radius 1 is 1.14 bits per heavy atom. The fraction of sp³-hybridized carbons (Fsp3) is 0.455. The van der Waals surface area contributed by atoms with Gasteiger partial charge in [0.25, 0.3) is 5.56 Å². The lowest BCUT2D eigenvalue weighted by Gasteiger charge is -2.34. The third-order valence-electron chi connectivity index (χ3n) is 8.84. The number of carboxylic acid groups (broad SMARTS) is 1. The van der Waals surface area contributed by atoms with Crippen LogP contribution in [0.2, 0.25) is 0 Å². The van der Waals surface area contributed by atoms with Crippen molar-refractivity contribution in [2.24, 2.45) is 0 Å². The van der Waals surface area contributed by atoms with Crippen LogP contribution in [0.5, 0.6) is 5.75 Å². The Hall–Kier alpha value is -3.70. The molecule has 11 heteroatoms. The number of aromatic nitrogens is 3. The number of likely N-dealkylation sites (tertiary alicyclic amines) is 1. The first-order valence-electron chi connectivity index (χ1n) is 15.1. The Morgan fingerprint density at radius 2 is 1.95 bits per heavy atom. The molecular weight excluding hydrogens is 586 g/mol. The van der Waals surface area contributed by atoms with E-state index >= 15 is 0 Å². The predicted molar refractivity (Wildman–Crippen MR) is 166 cm³/mol. The average molecular weight is 623 g/mol. The standard InChI is InChI=1S/C33H36F2N4O4S/c1-19-5-8-28(23(15-19)24-16-20(2)36-29-26(32(41)42)18-44-30(24)29)43-14-13-39-21(3)37-27-7-6-22(17-25(27)31(39)40)38-11-4-9-33(34,35)10-12-38/h5,8,15-16,18,22H,4,6-7,9-14,17H2,1-3H3,(H,41,42)/t22-/m0/s1. The van der Waals surface area contributed by atoms with E-state index in [0.717, 1.165) is 33.5 Å². The number of hydrogen-bond acceptors (Lipinski definition) is 7. The summed E-state index contributed by atoms with van der Waals surface area (Å²) in [5.41, 5.74) is 5.46. The van der Waals surface area contributed by atoms with Gasteiger partial charge >= 0.3 is 5.97 Å². The molecule has 0 spiro atoms. The summed E-state index contributed by atoms with van der Waals surface area (Å²) in [5, 5.41) is 11.3. The normalized spacial score (nSPS) is 18.6. The van der Waals surface area contributed by atoms with Gasteiger partial charge in [0, 0.05) is 53.2 Å². The molecule has 4 aromatic rings. The van der Waals surface area contributed by atoms with Gasteiger partial charge in [0.05, 0.1) is 28.0 Å². The highest BCUT2D eigenvalue weighted by atomic mass is 32.1. The summed E-state index contributed by atoms with van der Waals surface area (Å²) in [7, 11) is 0. The summed E-state index contributed by atoms with van der Waals surface area (Å²) in [6.45, 7) is 7.15. The maximum atomic E-state index is 14.0. The zero-order chi connectivity index (χ0) is 31.2.